The number of ether oxygens (including phenoxy) is 1. The van der Waals surface area contributed by atoms with E-state index >= 15 is 0 Å². The van der Waals surface area contributed by atoms with E-state index in [-0.39, 0.29) is 42.2 Å². The van der Waals surface area contributed by atoms with Crippen LogP contribution in [0.25, 0.3) is 0 Å². The van der Waals surface area contributed by atoms with Gasteiger partial charge in [-0.15, -0.1) is 0 Å². The van der Waals surface area contributed by atoms with Gasteiger partial charge in [-0.25, -0.2) is 0 Å². The second-order valence-corrected chi connectivity index (χ2v) is 7.80. The normalized spacial score (nSPS) is 29.7. The van der Waals surface area contributed by atoms with Crippen LogP contribution in [-0.4, -0.2) is 59.9 Å². The average Bonchev–Trinajstić information content (AvgIpc) is 2.94. The van der Waals surface area contributed by atoms with Crippen molar-refractivity contribution in [1.29, 1.82) is 0 Å². The van der Waals surface area contributed by atoms with Crippen LogP contribution in [0.15, 0.2) is 18.2 Å². The molecule has 0 aromatic heterocycles. The summed E-state index contributed by atoms with van der Waals surface area (Å²) in [6.07, 6.45) is 2.68. The summed E-state index contributed by atoms with van der Waals surface area (Å²) in [5.74, 6) is -2.02. The standard InChI is InChI=1S/C20H24N4O5/c1-29-16-9-11(3-5-14(16)21)22-10-2-4-12-13(8-10)20(28)24(19(12)27)15-6-7-17(25)23-18(15)26/h2,4,8,11,14-16,22H,3,5-7,9,21H2,1H3,(H,23,25,26). The lowest BCUT2D eigenvalue weighted by molar-refractivity contribution is -0.136. The Hall–Kier alpha value is -2.78. The number of nitrogens with two attached hydrogens (primary N) is 1. The number of rotatable bonds is 4. The number of benzene rings is 1. The highest BCUT2D eigenvalue weighted by atomic mass is 16.5. The summed E-state index contributed by atoms with van der Waals surface area (Å²) in [5, 5.41) is 5.59. The summed E-state index contributed by atoms with van der Waals surface area (Å²) in [6.45, 7) is 0. The fourth-order valence-electron chi connectivity index (χ4n) is 4.35. The van der Waals surface area contributed by atoms with E-state index in [0.717, 1.165) is 29.8 Å². The van der Waals surface area contributed by atoms with Crippen LogP contribution in [-0.2, 0) is 14.3 Å². The van der Waals surface area contributed by atoms with Crippen molar-refractivity contribution in [3.05, 3.63) is 29.3 Å². The summed E-state index contributed by atoms with van der Waals surface area (Å²) < 4.78 is 5.44. The van der Waals surface area contributed by atoms with Crippen LogP contribution in [0.1, 0.15) is 52.8 Å². The first kappa shape index (κ1) is 19.5. The molecule has 29 heavy (non-hydrogen) atoms. The van der Waals surface area contributed by atoms with Gasteiger partial charge in [-0.1, -0.05) is 0 Å². The Balaban J connectivity index is 1.51. The SMILES string of the molecule is COC1CC(Nc2ccc3c(c2)C(=O)N(C2CCC(=O)NC2=O)C3=O)CCC1N. The summed E-state index contributed by atoms with van der Waals surface area (Å²) >= 11 is 0. The Labute approximate surface area is 167 Å². The largest absolute Gasteiger partial charge is 0.382 e. The van der Waals surface area contributed by atoms with Gasteiger partial charge < -0.3 is 15.8 Å². The number of carbonyl (C=O) groups is 4. The van der Waals surface area contributed by atoms with Crippen molar-refractivity contribution in [2.24, 2.45) is 5.73 Å². The molecular weight excluding hydrogens is 376 g/mol. The molecule has 1 aromatic rings. The molecule has 2 heterocycles. The van der Waals surface area contributed by atoms with Gasteiger partial charge in [0.1, 0.15) is 6.04 Å². The van der Waals surface area contributed by atoms with E-state index in [2.05, 4.69) is 10.6 Å². The van der Waals surface area contributed by atoms with Crippen LogP contribution >= 0.6 is 0 Å². The summed E-state index contributed by atoms with van der Waals surface area (Å²) in [4.78, 5) is 50.1. The van der Waals surface area contributed by atoms with Crippen molar-refractivity contribution in [1.82, 2.24) is 10.2 Å². The number of carbonyl (C=O) groups excluding carboxylic acids is 4. The second-order valence-electron chi connectivity index (χ2n) is 7.80. The minimum absolute atomic E-state index is 0.0133. The molecule has 4 amide bonds. The third-order valence-corrected chi connectivity index (χ3v) is 5.96. The van der Waals surface area contributed by atoms with Gasteiger partial charge >= 0.3 is 0 Å². The number of imide groups is 2. The fraction of sp³-hybridized carbons (Fsp3) is 0.500. The zero-order chi connectivity index (χ0) is 20.7. The molecule has 4 atom stereocenters. The first-order valence-corrected chi connectivity index (χ1v) is 9.79. The highest BCUT2D eigenvalue weighted by molar-refractivity contribution is 6.23. The van der Waals surface area contributed by atoms with Crippen LogP contribution in [0.2, 0.25) is 0 Å². The fourth-order valence-corrected chi connectivity index (χ4v) is 4.35. The van der Waals surface area contributed by atoms with Gasteiger partial charge in [0.2, 0.25) is 11.8 Å². The Morgan fingerprint density at radius 2 is 1.86 bits per heavy atom. The van der Waals surface area contributed by atoms with Crippen molar-refractivity contribution in [3.8, 4) is 0 Å². The minimum atomic E-state index is -0.959. The molecule has 154 valence electrons. The van der Waals surface area contributed by atoms with E-state index < -0.39 is 29.7 Å². The van der Waals surface area contributed by atoms with Crippen LogP contribution in [0.4, 0.5) is 5.69 Å². The molecule has 2 fully saturated rings. The van der Waals surface area contributed by atoms with Gasteiger partial charge in [0, 0.05) is 31.3 Å². The van der Waals surface area contributed by atoms with Gasteiger partial charge in [0.15, 0.2) is 0 Å². The van der Waals surface area contributed by atoms with Gasteiger partial charge in [-0.2, -0.15) is 0 Å². The lowest BCUT2D eigenvalue weighted by Gasteiger charge is -2.34. The predicted octanol–water partition coefficient (Wildman–Crippen LogP) is 0.395. The Morgan fingerprint density at radius 1 is 1.10 bits per heavy atom. The number of fused-ring (bicyclic) bond motifs is 1. The molecule has 1 aliphatic carbocycles. The quantitative estimate of drug-likeness (QED) is 0.623. The summed E-state index contributed by atoms with van der Waals surface area (Å²) in [6, 6.07) is 4.22. The van der Waals surface area contributed by atoms with Gasteiger partial charge in [0.05, 0.1) is 17.2 Å². The third kappa shape index (κ3) is 3.51. The van der Waals surface area contributed by atoms with Crippen LogP contribution in [0, 0.1) is 0 Å². The Bertz CT molecular complexity index is 886. The molecule has 9 heteroatoms. The molecule has 3 aliphatic rings. The highest BCUT2D eigenvalue weighted by Gasteiger charge is 2.44. The number of hydrogen-bond donors (Lipinski definition) is 3. The molecule has 9 nitrogen and oxygen atoms in total. The maximum atomic E-state index is 12.9. The third-order valence-electron chi connectivity index (χ3n) is 5.96. The van der Waals surface area contributed by atoms with Crippen LogP contribution in [0.5, 0.6) is 0 Å². The van der Waals surface area contributed by atoms with Crippen molar-refractivity contribution in [3.63, 3.8) is 0 Å². The van der Waals surface area contributed by atoms with Gasteiger partial charge in [-0.05, 0) is 43.9 Å². The molecule has 1 saturated heterocycles. The van der Waals surface area contributed by atoms with Gasteiger partial charge in [0.25, 0.3) is 11.8 Å². The molecule has 0 spiro atoms. The number of piperidine rings is 1. The average molecular weight is 400 g/mol. The van der Waals surface area contributed by atoms with E-state index in [1.54, 1.807) is 25.3 Å². The first-order chi connectivity index (χ1) is 13.9. The smallest absolute Gasteiger partial charge is 0.262 e. The van der Waals surface area contributed by atoms with Crippen LogP contribution < -0.4 is 16.4 Å². The zero-order valence-corrected chi connectivity index (χ0v) is 16.1. The minimum Gasteiger partial charge on any atom is -0.382 e. The number of anilines is 1. The number of methoxy groups -OCH3 is 1. The topological polar surface area (TPSA) is 131 Å². The monoisotopic (exact) mass is 400 g/mol. The maximum Gasteiger partial charge on any atom is 0.262 e. The lowest BCUT2D eigenvalue weighted by Crippen LogP contribution is -2.54. The van der Waals surface area contributed by atoms with Crippen molar-refractivity contribution < 1.29 is 23.9 Å². The van der Waals surface area contributed by atoms with Crippen molar-refractivity contribution in [2.45, 2.75) is 56.3 Å². The second kappa shape index (κ2) is 7.57. The number of nitrogens with zero attached hydrogens (tertiary/aromatic N) is 1. The molecule has 1 aromatic carbocycles. The van der Waals surface area contributed by atoms with E-state index in [1.165, 1.54) is 0 Å². The molecule has 0 radical (unpaired) electrons. The lowest BCUT2D eigenvalue weighted by atomic mass is 9.89. The predicted molar refractivity (Wildman–Crippen MR) is 103 cm³/mol. The summed E-state index contributed by atoms with van der Waals surface area (Å²) in [7, 11) is 1.65. The number of nitrogens with one attached hydrogen (secondary N) is 2. The first-order valence-electron chi connectivity index (χ1n) is 9.79. The number of amides is 4. The Kier molecular flexibility index (Phi) is 5.10. The van der Waals surface area contributed by atoms with E-state index in [4.69, 9.17) is 10.5 Å². The molecule has 4 rings (SSSR count). The van der Waals surface area contributed by atoms with Crippen molar-refractivity contribution in [2.75, 3.05) is 12.4 Å². The van der Waals surface area contributed by atoms with E-state index in [0.29, 0.717) is 0 Å². The zero-order valence-electron chi connectivity index (χ0n) is 16.1. The molecular formula is C20H24N4O5. The van der Waals surface area contributed by atoms with Gasteiger partial charge in [-0.3, -0.25) is 29.4 Å². The molecule has 4 unspecified atom stereocenters. The van der Waals surface area contributed by atoms with Crippen LogP contribution in [0.3, 0.4) is 0 Å². The molecule has 2 aliphatic heterocycles. The van der Waals surface area contributed by atoms with E-state index in [9.17, 15) is 19.2 Å². The Morgan fingerprint density at radius 3 is 2.59 bits per heavy atom. The molecule has 0 bridgehead atoms. The maximum absolute atomic E-state index is 12.9. The highest BCUT2D eigenvalue weighted by Crippen LogP contribution is 2.31. The molecule has 1 saturated carbocycles. The van der Waals surface area contributed by atoms with E-state index in [1.807, 2.05) is 0 Å². The van der Waals surface area contributed by atoms with Crippen molar-refractivity contribution >= 4 is 29.3 Å². The summed E-state index contributed by atoms with van der Waals surface area (Å²) in [5.41, 5.74) is 7.32. The molecule has 4 N–H and O–H groups in total. The number of hydrogen-bond acceptors (Lipinski definition) is 7.